The van der Waals surface area contributed by atoms with Crippen molar-refractivity contribution >= 4 is 23.8 Å². The molecule has 0 saturated heterocycles. The number of nitrogens with zero attached hydrogens (tertiary/aromatic N) is 3. The van der Waals surface area contributed by atoms with Gasteiger partial charge < -0.3 is 36.5 Å². The van der Waals surface area contributed by atoms with Gasteiger partial charge in [0.05, 0.1) is 26.4 Å². The van der Waals surface area contributed by atoms with Crippen molar-refractivity contribution in [3.63, 3.8) is 0 Å². The molecule has 1 amide bonds. The molecule has 0 saturated carbocycles. The Hall–Kier alpha value is -4.58. The number of ether oxygens (including phenoxy) is 2. The fraction of sp³-hybridized carbons (Fsp3) is 0.405. The van der Waals surface area contributed by atoms with Gasteiger partial charge in [-0.25, -0.2) is 0 Å². The Kier molecular flexibility index (Phi) is 16.7. The quantitative estimate of drug-likeness (QED) is 0.0630. The summed E-state index contributed by atoms with van der Waals surface area (Å²) in [5.41, 5.74) is 8.82. The van der Waals surface area contributed by atoms with Crippen molar-refractivity contribution in [2.45, 2.75) is 38.0 Å². The molecule has 0 unspecified atom stereocenters. The predicted octanol–water partition coefficient (Wildman–Crippen LogP) is 5.31. The van der Waals surface area contributed by atoms with Crippen molar-refractivity contribution in [3.05, 3.63) is 108 Å². The minimum absolute atomic E-state index is 0.109. The van der Waals surface area contributed by atoms with E-state index in [0.717, 1.165) is 45.2 Å². The van der Waals surface area contributed by atoms with Crippen molar-refractivity contribution in [1.82, 2.24) is 20.3 Å². The molecule has 11 heteroatoms. The third-order valence-electron chi connectivity index (χ3n) is 7.64. The van der Waals surface area contributed by atoms with Crippen LogP contribution in [-0.2, 0) is 9.47 Å². The monoisotopic (exact) mass is 654 g/mol. The zero-order valence-electron chi connectivity index (χ0n) is 27.8. The average Bonchev–Trinajstić information content (AvgIpc) is 3.13. The van der Waals surface area contributed by atoms with Crippen LogP contribution < -0.4 is 27.0 Å². The molecule has 4 rings (SSSR count). The highest BCUT2D eigenvalue weighted by Gasteiger charge is 2.14. The summed E-state index contributed by atoms with van der Waals surface area (Å²) in [5.74, 6) is 1.67. The SMILES string of the molecule is NCCCCCCNc1nc(NCCOCCOCCNC(=O)c2ccccc2)nc(NCCC(c2ccccc2)c2ccccc2)n1. The van der Waals surface area contributed by atoms with Gasteiger partial charge in [0, 0.05) is 37.7 Å². The largest absolute Gasteiger partial charge is 0.377 e. The number of carbonyl (C=O) groups is 1. The molecule has 1 aromatic heterocycles. The van der Waals surface area contributed by atoms with Crippen molar-refractivity contribution in [2.24, 2.45) is 5.73 Å². The van der Waals surface area contributed by atoms with Gasteiger partial charge in [0.15, 0.2) is 0 Å². The first kappa shape index (κ1) is 36.3. The van der Waals surface area contributed by atoms with Crippen LogP contribution in [0.2, 0.25) is 0 Å². The van der Waals surface area contributed by atoms with E-state index in [-0.39, 0.29) is 11.8 Å². The molecular formula is C37H50N8O3. The van der Waals surface area contributed by atoms with Crippen LogP contribution in [0.4, 0.5) is 17.8 Å². The van der Waals surface area contributed by atoms with Crippen molar-refractivity contribution in [2.75, 3.05) is 75.1 Å². The van der Waals surface area contributed by atoms with Crippen LogP contribution in [0, 0.1) is 0 Å². The maximum absolute atomic E-state index is 12.1. The lowest BCUT2D eigenvalue weighted by Gasteiger charge is -2.19. The lowest BCUT2D eigenvalue weighted by Crippen LogP contribution is -2.27. The first-order chi connectivity index (χ1) is 23.7. The Morgan fingerprint density at radius 3 is 1.67 bits per heavy atom. The molecule has 0 atom stereocenters. The summed E-state index contributed by atoms with van der Waals surface area (Å²) in [6, 6.07) is 30.3. The van der Waals surface area contributed by atoms with E-state index in [4.69, 9.17) is 15.2 Å². The first-order valence-corrected chi connectivity index (χ1v) is 17.0. The molecule has 11 nitrogen and oxygen atoms in total. The number of benzene rings is 3. The number of unbranched alkanes of at least 4 members (excludes halogenated alkanes) is 3. The summed E-state index contributed by atoms with van der Waals surface area (Å²) in [6.07, 6.45) is 5.16. The van der Waals surface area contributed by atoms with Crippen LogP contribution in [0.15, 0.2) is 91.0 Å². The van der Waals surface area contributed by atoms with E-state index >= 15 is 0 Å². The highest BCUT2D eigenvalue weighted by atomic mass is 16.5. The summed E-state index contributed by atoms with van der Waals surface area (Å²) < 4.78 is 11.3. The first-order valence-electron chi connectivity index (χ1n) is 17.0. The number of amides is 1. The van der Waals surface area contributed by atoms with Crippen LogP contribution in [0.25, 0.3) is 0 Å². The van der Waals surface area contributed by atoms with Crippen LogP contribution in [0.5, 0.6) is 0 Å². The van der Waals surface area contributed by atoms with E-state index in [1.54, 1.807) is 12.1 Å². The van der Waals surface area contributed by atoms with E-state index in [1.807, 2.05) is 30.3 Å². The molecule has 0 spiro atoms. The van der Waals surface area contributed by atoms with E-state index in [9.17, 15) is 4.79 Å². The highest BCUT2D eigenvalue weighted by molar-refractivity contribution is 5.94. The maximum Gasteiger partial charge on any atom is 0.251 e. The molecule has 0 aliphatic rings. The van der Waals surface area contributed by atoms with Crippen molar-refractivity contribution in [3.8, 4) is 0 Å². The van der Waals surface area contributed by atoms with Gasteiger partial charge in [-0.05, 0) is 49.1 Å². The Bertz CT molecular complexity index is 1390. The molecule has 0 aliphatic heterocycles. The molecule has 4 aromatic rings. The summed E-state index contributed by atoms with van der Waals surface area (Å²) >= 11 is 0. The lowest BCUT2D eigenvalue weighted by atomic mass is 9.88. The molecule has 0 radical (unpaired) electrons. The molecular weight excluding hydrogens is 604 g/mol. The van der Waals surface area contributed by atoms with Gasteiger partial charge in [0.1, 0.15) is 0 Å². The average molecular weight is 655 g/mol. The molecule has 6 N–H and O–H groups in total. The second-order valence-corrected chi connectivity index (χ2v) is 11.3. The minimum Gasteiger partial charge on any atom is -0.377 e. The smallest absolute Gasteiger partial charge is 0.251 e. The molecule has 0 aliphatic carbocycles. The molecule has 48 heavy (non-hydrogen) atoms. The molecule has 0 bridgehead atoms. The van der Waals surface area contributed by atoms with Crippen molar-refractivity contribution in [1.29, 1.82) is 0 Å². The normalized spacial score (nSPS) is 11.0. The van der Waals surface area contributed by atoms with E-state index in [2.05, 4.69) is 84.8 Å². The number of rotatable bonds is 24. The predicted molar refractivity (Wildman–Crippen MR) is 193 cm³/mol. The van der Waals surface area contributed by atoms with Gasteiger partial charge >= 0.3 is 0 Å². The highest BCUT2D eigenvalue weighted by Crippen LogP contribution is 2.27. The van der Waals surface area contributed by atoms with Crippen LogP contribution in [0.1, 0.15) is 59.5 Å². The number of carbonyl (C=O) groups excluding carboxylic acids is 1. The molecule has 256 valence electrons. The molecule has 1 heterocycles. The maximum atomic E-state index is 12.1. The second kappa shape index (κ2) is 22.1. The number of anilines is 3. The summed E-state index contributed by atoms with van der Waals surface area (Å²) in [5, 5.41) is 12.9. The summed E-state index contributed by atoms with van der Waals surface area (Å²) in [6.45, 7) is 4.92. The second-order valence-electron chi connectivity index (χ2n) is 11.3. The number of hydrogen-bond acceptors (Lipinski definition) is 10. The Morgan fingerprint density at radius 2 is 1.08 bits per heavy atom. The topological polar surface area (TPSA) is 148 Å². The van der Waals surface area contributed by atoms with Gasteiger partial charge in [0.25, 0.3) is 5.91 Å². The van der Waals surface area contributed by atoms with E-state index < -0.39 is 0 Å². The Balaban J connectivity index is 1.21. The van der Waals surface area contributed by atoms with Gasteiger partial charge in [-0.2, -0.15) is 15.0 Å². The number of nitrogens with two attached hydrogens (primary N) is 1. The van der Waals surface area contributed by atoms with Crippen LogP contribution in [-0.4, -0.2) is 80.0 Å². The Labute approximate surface area is 284 Å². The third kappa shape index (κ3) is 13.6. The van der Waals surface area contributed by atoms with E-state index in [1.165, 1.54) is 11.1 Å². The number of nitrogens with one attached hydrogen (secondary N) is 4. The van der Waals surface area contributed by atoms with Crippen LogP contribution >= 0.6 is 0 Å². The number of aromatic nitrogens is 3. The van der Waals surface area contributed by atoms with Crippen molar-refractivity contribution < 1.29 is 14.3 Å². The van der Waals surface area contributed by atoms with E-state index in [0.29, 0.717) is 69.5 Å². The van der Waals surface area contributed by atoms with Gasteiger partial charge in [-0.1, -0.05) is 91.7 Å². The fourth-order valence-corrected chi connectivity index (χ4v) is 5.15. The Morgan fingerprint density at radius 1 is 0.583 bits per heavy atom. The zero-order chi connectivity index (χ0) is 33.5. The minimum atomic E-state index is -0.109. The van der Waals surface area contributed by atoms with Gasteiger partial charge in [-0.3, -0.25) is 4.79 Å². The van der Waals surface area contributed by atoms with Gasteiger partial charge in [-0.15, -0.1) is 0 Å². The molecule has 0 fully saturated rings. The zero-order valence-corrected chi connectivity index (χ0v) is 27.8. The molecule has 3 aromatic carbocycles. The third-order valence-corrected chi connectivity index (χ3v) is 7.64. The standard InChI is InChI=1S/C37H50N8O3/c38-21-12-1-2-13-22-40-35-43-36(41-23-20-33(30-14-6-3-7-15-30)31-16-8-4-9-17-31)45-37(44-35)42-25-27-48-29-28-47-26-24-39-34(46)32-18-10-5-11-19-32/h3-11,14-19,33H,1-2,12-13,20-29,38H2,(H,39,46)(H3,40,41,42,43,44,45). The fourth-order valence-electron chi connectivity index (χ4n) is 5.15. The van der Waals surface area contributed by atoms with Gasteiger partial charge in [0.2, 0.25) is 17.8 Å². The summed E-state index contributed by atoms with van der Waals surface area (Å²) in [4.78, 5) is 26.0. The lowest BCUT2D eigenvalue weighted by molar-refractivity contribution is 0.0519. The number of hydrogen-bond donors (Lipinski definition) is 5. The van der Waals surface area contributed by atoms with Crippen LogP contribution in [0.3, 0.4) is 0 Å². The summed E-state index contributed by atoms with van der Waals surface area (Å²) in [7, 11) is 0.